The van der Waals surface area contributed by atoms with Crippen LogP contribution in [0, 0.1) is 5.92 Å². The van der Waals surface area contributed by atoms with Crippen molar-refractivity contribution in [2.24, 2.45) is 11.7 Å². The van der Waals surface area contributed by atoms with E-state index in [0.717, 1.165) is 19.6 Å². The minimum atomic E-state index is -0.0556. The van der Waals surface area contributed by atoms with E-state index in [1.54, 1.807) is 0 Å². The molecule has 0 aromatic rings. The number of fused-ring (bicyclic) bond motifs is 1. The molecule has 0 aliphatic carbocycles. The van der Waals surface area contributed by atoms with Gasteiger partial charge in [-0.15, -0.1) is 0 Å². The highest BCUT2D eigenvalue weighted by Crippen LogP contribution is 2.24. The maximum Gasteiger partial charge on any atom is 0.0831 e. The summed E-state index contributed by atoms with van der Waals surface area (Å²) in [5.41, 5.74) is 5.94. The quantitative estimate of drug-likeness (QED) is 0.385. The molecule has 2 unspecified atom stereocenters. The van der Waals surface area contributed by atoms with E-state index in [1.165, 1.54) is 6.42 Å². The van der Waals surface area contributed by atoms with Gasteiger partial charge in [-0.05, 0) is 13.0 Å². The highest BCUT2D eigenvalue weighted by Gasteiger charge is 2.42. The van der Waals surface area contributed by atoms with E-state index < -0.39 is 0 Å². The molecule has 4 N–H and O–H groups in total. The Kier molecular flexibility index (Phi) is 1.06. The Morgan fingerprint density at radius 2 is 2.44 bits per heavy atom. The van der Waals surface area contributed by atoms with E-state index in [1.807, 2.05) is 0 Å². The van der Waals surface area contributed by atoms with E-state index >= 15 is 0 Å². The first-order valence-electron chi connectivity index (χ1n) is 3.56. The molecule has 2 atom stereocenters. The van der Waals surface area contributed by atoms with Crippen LogP contribution in [0.4, 0.5) is 0 Å². The zero-order valence-electron chi connectivity index (χ0n) is 5.48. The number of hydrogen-bond donors (Lipinski definition) is 3. The summed E-state index contributed by atoms with van der Waals surface area (Å²) >= 11 is 0. The first-order valence-corrected chi connectivity index (χ1v) is 3.56. The average Bonchev–Trinajstić information content (AvgIpc) is 2.22. The fraction of sp³-hybridized carbons (Fsp3) is 1.00. The van der Waals surface area contributed by atoms with Crippen LogP contribution < -0.4 is 16.4 Å². The van der Waals surface area contributed by atoms with E-state index in [2.05, 4.69) is 10.6 Å². The van der Waals surface area contributed by atoms with Crippen molar-refractivity contribution in [3.63, 3.8) is 0 Å². The standard InChI is InChI=1S/C6H13N3/c7-6-4-8-3-5(6)1-2-9-6/h5,8-9H,1-4,7H2. The number of nitrogens with one attached hydrogen (secondary N) is 2. The Balaban J connectivity index is 2.17. The van der Waals surface area contributed by atoms with Gasteiger partial charge < -0.3 is 11.1 Å². The predicted molar refractivity (Wildman–Crippen MR) is 35.9 cm³/mol. The van der Waals surface area contributed by atoms with Crippen LogP contribution in [0.25, 0.3) is 0 Å². The molecule has 2 rings (SSSR count). The van der Waals surface area contributed by atoms with Gasteiger partial charge in [0.2, 0.25) is 0 Å². The molecule has 0 bridgehead atoms. The number of rotatable bonds is 0. The second-order valence-corrected chi connectivity index (χ2v) is 3.08. The van der Waals surface area contributed by atoms with Crippen molar-refractivity contribution >= 4 is 0 Å². The lowest BCUT2D eigenvalue weighted by Gasteiger charge is -2.22. The van der Waals surface area contributed by atoms with E-state index in [4.69, 9.17) is 5.73 Å². The van der Waals surface area contributed by atoms with E-state index in [9.17, 15) is 0 Å². The molecule has 9 heavy (non-hydrogen) atoms. The summed E-state index contributed by atoms with van der Waals surface area (Å²) in [6.45, 7) is 3.14. The number of nitrogens with two attached hydrogens (primary N) is 1. The summed E-state index contributed by atoms with van der Waals surface area (Å²) in [5, 5.41) is 6.59. The molecule has 2 aliphatic heterocycles. The molecular weight excluding hydrogens is 114 g/mol. The van der Waals surface area contributed by atoms with E-state index in [0.29, 0.717) is 5.92 Å². The van der Waals surface area contributed by atoms with Crippen LogP contribution in [-0.2, 0) is 0 Å². The van der Waals surface area contributed by atoms with Crippen LogP contribution in [0.5, 0.6) is 0 Å². The highest BCUT2D eigenvalue weighted by atomic mass is 15.2. The third-order valence-electron chi connectivity index (χ3n) is 2.48. The lowest BCUT2D eigenvalue weighted by molar-refractivity contribution is 0.363. The molecule has 0 saturated carbocycles. The third kappa shape index (κ3) is 0.689. The lowest BCUT2D eigenvalue weighted by Crippen LogP contribution is -2.54. The van der Waals surface area contributed by atoms with Crippen molar-refractivity contribution in [3.05, 3.63) is 0 Å². The van der Waals surface area contributed by atoms with Crippen LogP contribution in [0.1, 0.15) is 6.42 Å². The molecule has 2 saturated heterocycles. The SMILES string of the molecule is NC12CNCC1CCN2. The van der Waals surface area contributed by atoms with Gasteiger partial charge in [-0.3, -0.25) is 5.32 Å². The lowest BCUT2D eigenvalue weighted by atomic mass is 9.99. The van der Waals surface area contributed by atoms with Gasteiger partial charge in [0.1, 0.15) is 0 Å². The van der Waals surface area contributed by atoms with Crippen molar-refractivity contribution in [2.75, 3.05) is 19.6 Å². The van der Waals surface area contributed by atoms with Gasteiger partial charge in [-0.2, -0.15) is 0 Å². The summed E-state index contributed by atoms with van der Waals surface area (Å²) in [7, 11) is 0. The Hall–Kier alpha value is -0.120. The summed E-state index contributed by atoms with van der Waals surface area (Å²) in [4.78, 5) is 0. The summed E-state index contributed by atoms with van der Waals surface area (Å²) in [6.07, 6.45) is 1.24. The first-order chi connectivity index (χ1) is 4.31. The molecule has 0 radical (unpaired) electrons. The van der Waals surface area contributed by atoms with Gasteiger partial charge in [-0.25, -0.2) is 0 Å². The molecule has 0 amide bonds. The molecule has 2 fully saturated rings. The van der Waals surface area contributed by atoms with Gasteiger partial charge in [0.15, 0.2) is 0 Å². The minimum absolute atomic E-state index is 0.0556. The minimum Gasteiger partial charge on any atom is -0.313 e. The average molecular weight is 127 g/mol. The Morgan fingerprint density at radius 1 is 1.56 bits per heavy atom. The van der Waals surface area contributed by atoms with Gasteiger partial charge in [0.05, 0.1) is 5.66 Å². The zero-order chi connectivity index (χ0) is 6.32. The second kappa shape index (κ2) is 1.68. The topological polar surface area (TPSA) is 50.1 Å². The van der Waals surface area contributed by atoms with Gasteiger partial charge in [0.25, 0.3) is 0 Å². The maximum absolute atomic E-state index is 5.99. The van der Waals surface area contributed by atoms with Crippen LogP contribution in [-0.4, -0.2) is 25.3 Å². The molecule has 3 nitrogen and oxygen atoms in total. The normalized spacial score (nSPS) is 49.7. The summed E-state index contributed by atoms with van der Waals surface area (Å²) in [6, 6.07) is 0. The molecule has 2 heterocycles. The summed E-state index contributed by atoms with van der Waals surface area (Å²) < 4.78 is 0. The van der Waals surface area contributed by atoms with Gasteiger partial charge >= 0.3 is 0 Å². The molecule has 0 aromatic carbocycles. The summed E-state index contributed by atoms with van der Waals surface area (Å²) in [5.74, 6) is 0.678. The second-order valence-electron chi connectivity index (χ2n) is 3.08. The molecule has 52 valence electrons. The van der Waals surface area contributed by atoms with Crippen LogP contribution in [0.2, 0.25) is 0 Å². The van der Waals surface area contributed by atoms with Crippen molar-refractivity contribution in [1.82, 2.24) is 10.6 Å². The first kappa shape index (κ1) is 5.65. The molecular formula is C6H13N3. The predicted octanol–water partition coefficient (Wildman–Crippen LogP) is -1.15. The van der Waals surface area contributed by atoms with E-state index in [-0.39, 0.29) is 5.66 Å². The van der Waals surface area contributed by atoms with Crippen LogP contribution in [0.15, 0.2) is 0 Å². The smallest absolute Gasteiger partial charge is 0.0831 e. The largest absolute Gasteiger partial charge is 0.313 e. The zero-order valence-corrected chi connectivity index (χ0v) is 5.48. The van der Waals surface area contributed by atoms with Crippen LogP contribution in [0.3, 0.4) is 0 Å². The number of hydrogen-bond acceptors (Lipinski definition) is 3. The highest BCUT2D eigenvalue weighted by molar-refractivity contribution is 5.01. The van der Waals surface area contributed by atoms with Gasteiger partial charge in [0, 0.05) is 19.0 Å². The van der Waals surface area contributed by atoms with Crippen molar-refractivity contribution < 1.29 is 0 Å². The monoisotopic (exact) mass is 127 g/mol. The Labute approximate surface area is 55.0 Å². The molecule has 0 aromatic heterocycles. The van der Waals surface area contributed by atoms with Crippen LogP contribution >= 0.6 is 0 Å². The maximum atomic E-state index is 5.99. The Bertz CT molecular complexity index is 113. The molecule has 0 spiro atoms. The fourth-order valence-corrected chi connectivity index (χ4v) is 1.83. The Morgan fingerprint density at radius 3 is 3.22 bits per heavy atom. The van der Waals surface area contributed by atoms with Gasteiger partial charge in [-0.1, -0.05) is 0 Å². The van der Waals surface area contributed by atoms with Crippen molar-refractivity contribution in [1.29, 1.82) is 0 Å². The van der Waals surface area contributed by atoms with Crippen molar-refractivity contribution in [3.8, 4) is 0 Å². The fourth-order valence-electron chi connectivity index (χ4n) is 1.83. The third-order valence-corrected chi connectivity index (χ3v) is 2.48. The molecule has 3 heteroatoms. The van der Waals surface area contributed by atoms with Crippen molar-refractivity contribution in [2.45, 2.75) is 12.1 Å². The molecule has 2 aliphatic rings.